The first-order valence-corrected chi connectivity index (χ1v) is 6.89. The minimum atomic E-state index is -0.188. The summed E-state index contributed by atoms with van der Waals surface area (Å²) < 4.78 is 5.49. The van der Waals surface area contributed by atoms with Crippen LogP contribution in [0.2, 0.25) is 0 Å². The monoisotopic (exact) mass is 284 g/mol. The molecule has 2 rings (SSSR count). The van der Waals surface area contributed by atoms with E-state index >= 15 is 0 Å². The second kappa shape index (κ2) is 6.90. The van der Waals surface area contributed by atoms with Crippen LogP contribution in [0.15, 0.2) is 48.5 Å². The van der Waals surface area contributed by atoms with Crippen LogP contribution in [0, 0.1) is 6.92 Å². The van der Waals surface area contributed by atoms with Gasteiger partial charge in [-0.1, -0.05) is 24.3 Å². The van der Waals surface area contributed by atoms with Crippen LogP contribution in [0.4, 0.5) is 5.69 Å². The molecule has 2 aromatic rings. The van der Waals surface area contributed by atoms with Gasteiger partial charge in [0.05, 0.1) is 0 Å². The topological polar surface area (TPSA) is 64.3 Å². The van der Waals surface area contributed by atoms with Crippen molar-refractivity contribution < 1.29 is 9.53 Å². The summed E-state index contributed by atoms with van der Waals surface area (Å²) in [6.45, 7) is 3.85. The molecule has 0 saturated carbocycles. The molecule has 0 saturated heterocycles. The summed E-state index contributed by atoms with van der Waals surface area (Å²) in [5.41, 5.74) is 8.67. The number of benzene rings is 2. The Kier molecular flexibility index (Phi) is 4.95. The Balaban J connectivity index is 1.90. The maximum Gasteiger partial charge on any atom is 0.262 e. The highest BCUT2D eigenvalue weighted by Gasteiger charge is 2.05. The number of nitrogens with two attached hydrogens (primary N) is 1. The van der Waals surface area contributed by atoms with E-state index in [4.69, 9.17) is 10.5 Å². The highest BCUT2D eigenvalue weighted by molar-refractivity contribution is 5.91. The maximum atomic E-state index is 11.9. The number of aryl methyl sites for hydroxylation is 1. The molecule has 3 N–H and O–H groups in total. The van der Waals surface area contributed by atoms with Crippen molar-refractivity contribution in [2.75, 3.05) is 11.9 Å². The Bertz CT molecular complexity index is 624. The van der Waals surface area contributed by atoms with Gasteiger partial charge in [0.1, 0.15) is 5.75 Å². The minimum absolute atomic E-state index is 0.0314. The predicted molar refractivity (Wildman–Crippen MR) is 84.3 cm³/mol. The average molecular weight is 284 g/mol. The molecule has 0 heterocycles. The van der Waals surface area contributed by atoms with Crippen molar-refractivity contribution in [2.24, 2.45) is 5.73 Å². The fourth-order valence-corrected chi connectivity index (χ4v) is 1.96. The van der Waals surface area contributed by atoms with Crippen LogP contribution >= 0.6 is 0 Å². The molecule has 2 aromatic carbocycles. The van der Waals surface area contributed by atoms with Crippen molar-refractivity contribution in [3.05, 3.63) is 59.7 Å². The van der Waals surface area contributed by atoms with Crippen molar-refractivity contribution in [2.45, 2.75) is 19.9 Å². The number of hydrogen-bond donors (Lipinski definition) is 2. The number of anilines is 1. The van der Waals surface area contributed by atoms with Crippen LogP contribution in [-0.2, 0) is 4.79 Å². The van der Waals surface area contributed by atoms with E-state index < -0.39 is 0 Å². The first kappa shape index (κ1) is 15.1. The summed E-state index contributed by atoms with van der Waals surface area (Å²) in [6, 6.07) is 15.0. The van der Waals surface area contributed by atoms with E-state index in [0.29, 0.717) is 5.75 Å². The van der Waals surface area contributed by atoms with Gasteiger partial charge in [-0.05, 0) is 49.2 Å². The number of hydrogen-bond acceptors (Lipinski definition) is 3. The third-order valence-electron chi connectivity index (χ3n) is 3.06. The van der Waals surface area contributed by atoms with Crippen LogP contribution in [0.1, 0.15) is 24.1 Å². The molecule has 0 bridgehead atoms. The Hall–Kier alpha value is -2.33. The lowest BCUT2D eigenvalue weighted by Gasteiger charge is -2.10. The lowest BCUT2D eigenvalue weighted by Crippen LogP contribution is -2.20. The summed E-state index contributed by atoms with van der Waals surface area (Å²) in [5.74, 6) is 0.455. The molecule has 0 aromatic heterocycles. The first-order chi connectivity index (χ1) is 10.0. The summed E-state index contributed by atoms with van der Waals surface area (Å²) >= 11 is 0. The minimum Gasteiger partial charge on any atom is -0.484 e. The van der Waals surface area contributed by atoms with Gasteiger partial charge < -0.3 is 15.8 Å². The van der Waals surface area contributed by atoms with Gasteiger partial charge >= 0.3 is 0 Å². The zero-order valence-electron chi connectivity index (χ0n) is 12.3. The Morgan fingerprint density at radius 1 is 1.24 bits per heavy atom. The van der Waals surface area contributed by atoms with E-state index in [1.165, 1.54) is 0 Å². The van der Waals surface area contributed by atoms with Gasteiger partial charge in [-0.3, -0.25) is 4.79 Å². The zero-order valence-corrected chi connectivity index (χ0v) is 12.3. The molecule has 21 heavy (non-hydrogen) atoms. The molecule has 0 aliphatic rings. The molecule has 4 nitrogen and oxygen atoms in total. The molecule has 4 heteroatoms. The van der Waals surface area contributed by atoms with E-state index in [2.05, 4.69) is 5.32 Å². The van der Waals surface area contributed by atoms with Crippen molar-refractivity contribution in [3.63, 3.8) is 0 Å². The van der Waals surface area contributed by atoms with Crippen molar-refractivity contribution in [3.8, 4) is 5.75 Å². The van der Waals surface area contributed by atoms with E-state index in [-0.39, 0.29) is 18.6 Å². The van der Waals surface area contributed by atoms with Gasteiger partial charge in [0.15, 0.2) is 6.61 Å². The molecule has 1 amide bonds. The number of carbonyl (C=O) groups is 1. The fourth-order valence-electron chi connectivity index (χ4n) is 1.96. The molecule has 0 fully saturated rings. The van der Waals surface area contributed by atoms with Crippen LogP contribution in [-0.4, -0.2) is 12.5 Å². The van der Waals surface area contributed by atoms with E-state index in [0.717, 1.165) is 16.8 Å². The lowest BCUT2D eigenvalue weighted by molar-refractivity contribution is -0.118. The summed E-state index contributed by atoms with van der Waals surface area (Å²) in [7, 11) is 0. The second-order valence-electron chi connectivity index (χ2n) is 5.07. The standard InChI is InChI=1S/C17H20N2O2/c1-12-5-3-7-15(9-12)19-17(20)11-21-16-8-4-6-14(10-16)13(2)18/h3-10,13H,11,18H2,1-2H3,(H,19,20)/t13-/m1/s1. The lowest BCUT2D eigenvalue weighted by atomic mass is 10.1. The van der Waals surface area contributed by atoms with Crippen LogP contribution in [0.3, 0.4) is 0 Å². The summed E-state index contributed by atoms with van der Waals surface area (Å²) in [4.78, 5) is 11.9. The van der Waals surface area contributed by atoms with E-state index in [1.54, 1.807) is 0 Å². The van der Waals surface area contributed by atoms with Crippen molar-refractivity contribution in [1.29, 1.82) is 0 Å². The summed E-state index contributed by atoms with van der Waals surface area (Å²) in [5, 5.41) is 2.80. The smallest absolute Gasteiger partial charge is 0.262 e. The molecule has 1 atom stereocenters. The van der Waals surface area contributed by atoms with E-state index in [1.807, 2.05) is 62.4 Å². The quantitative estimate of drug-likeness (QED) is 0.887. The summed E-state index contributed by atoms with van der Waals surface area (Å²) in [6.07, 6.45) is 0. The van der Waals surface area contributed by atoms with Gasteiger partial charge in [0.2, 0.25) is 0 Å². The molecule has 110 valence electrons. The molecule has 0 aliphatic heterocycles. The molecular formula is C17H20N2O2. The van der Waals surface area contributed by atoms with Gasteiger partial charge in [0.25, 0.3) is 5.91 Å². The fraction of sp³-hybridized carbons (Fsp3) is 0.235. The molecular weight excluding hydrogens is 264 g/mol. The number of ether oxygens (including phenoxy) is 1. The number of rotatable bonds is 5. The third kappa shape index (κ3) is 4.61. The normalized spacial score (nSPS) is 11.8. The maximum absolute atomic E-state index is 11.9. The molecule has 0 spiro atoms. The highest BCUT2D eigenvalue weighted by Crippen LogP contribution is 2.17. The Morgan fingerprint density at radius 3 is 2.71 bits per heavy atom. The van der Waals surface area contributed by atoms with E-state index in [9.17, 15) is 4.79 Å². The predicted octanol–water partition coefficient (Wildman–Crippen LogP) is 3.03. The van der Waals surface area contributed by atoms with Gasteiger partial charge in [0, 0.05) is 11.7 Å². The van der Waals surface area contributed by atoms with Gasteiger partial charge in [-0.15, -0.1) is 0 Å². The number of carbonyl (C=O) groups excluding carboxylic acids is 1. The first-order valence-electron chi connectivity index (χ1n) is 6.89. The van der Waals surface area contributed by atoms with Crippen molar-refractivity contribution >= 4 is 11.6 Å². The van der Waals surface area contributed by atoms with Crippen LogP contribution in [0.25, 0.3) is 0 Å². The van der Waals surface area contributed by atoms with Gasteiger partial charge in [-0.2, -0.15) is 0 Å². The second-order valence-corrected chi connectivity index (χ2v) is 5.07. The van der Waals surface area contributed by atoms with Crippen LogP contribution in [0.5, 0.6) is 5.75 Å². The third-order valence-corrected chi connectivity index (χ3v) is 3.06. The molecule has 0 unspecified atom stereocenters. The zero-order chi connectivity index (χ0) is 15.2. The highest BCUT2D eigenvalue weighted by atomic mass is 16.5. The largest absolute Gasteiger partial charge is 0.484 e. The van der Waals surface area contributed by atoms with Gasteiger partial charge in [-0.25, -0.2) is 0 Å². The Labute approximate surface area is 124 Å². The number of nitrogens with one attached hydrogen (secondary N) is 1. The SMILES string of the molecule is Cc1cccc(NC(=O)COc2cccc([C@@H](C)N)c2)c1. The van der Waals surface area contributed by atoms with Crippen molar-refractivity contribution in [1.82, 2.24) is 0 Å². The number of amides is 1. The molecule has 0 aliphatic carbocycles. The van der Waals surface area contributed by atoms with Crippen LogP contribution < -0.4 is 15.8 Å². The average Bonchev–Trinajstić information content (AvgIpc) is 2.45. The molecule has 0 radical (unpaired) electrons. The Morgan fingerprint density at radius 2 is 2.00 bits per heavy atom.